The normalized spacial score (nSPS) is 11.1. The van der Waals surface area contributed by atoms with Crippen LogP contribution in [0, 0.1) is 5.82 Å². The Morgan fingerprint density at radius 3 is 2.04 bits per heavy atom. The lowest BCUT2D eigenvalue weighted by atomic mass is 10.3. The number of nitrogens with one attached hydrogen (secondary N) is 2. The second-order valence-corrected chi connectivity index (χ2v) is 13.2. The number of hydrogen-bond acceptors (Lipinski definition) is 11. The minimum absolute atomic E-state index is 0.0529. The molecule has 0 amide bonds. The minimum Gasteiger partial charge on any atom is -0.476 e. The Hall–Kier alpha value is -4.68. The van der Waals surface area contributed by atoms with E-state index < -0.39 is 48.2 Å². The second-order valence-electron chi connectivity index (χ2n) is 8.73. The summed E-state index contributed by atoms with van der Waals surface area (Å²) in [6.07, 6.45) is 8.13. The molecular weight excluding hydrogens is 724 g/mol. The van der Waals surface area contributed by atoms with Gasteiger partial charge >= 0.3 is 5.97 Å². The van der Waals surface area contributed by atoms with Gasteiger partial charge in [-0.3, -0.25) is 14.4 Å². The van der Waals surface area contributed by atoms with Gasteiger partial charge in [-0.05, 0) is 30.3 Å². The van der Waals surface area contributed by atoms with Crippen LogP contribution in [-0.4, -0.2) is 52.8 Å². The van der Waals surface area contributed by atoms with Crippen LogP contribution in [0.25, 0.3) is 0 Å². The number of carboxylic acids is 1. The Kier molecular flexibility index (Phi) is 11.4. The molecule has 5 rings (SSSR count). The van der Waals surface area contributed by atoms with Crippen LogP contribution in [0.1, 0.15) is 16.1 Å². The maximum absolute atomic E-state index is 14.0. The smallest absolute Gasteiger partial charge is 0.358 e. The molecule has 14 nitrogen and oxygen atoms in total. The Labute approximate surface area is 281 Å². The number of carbonyl (C=O) groups is 1. The molecule has 3 aromatic heterocycles. The van der Waals surface area contributed by atoms with Crippen LogP contribution >= 0.6 is 34.8 Å². The third-order valence-electron chi connectivity index (χ3n) is 5.54. The number of halogens is 4. The summed E-state index contributed by atoms with van der Waals surface area (Å²) in [6, 6.07) is 11.3. The number of anilines is 2. The lowest BCUT2D eigenvalue weighted by Crippen LogP contribution is -2.18. The highest BCUT2D eigenvalue weighted by Gasteiger charge is 2.25. The van der Waals surface area contributed by atoms with E-state index in [9.17, 15) is 26.0 Å². The number of hydrogen-bond donors (Lipinski definition) is 3. The molecule has 5 aromatic rings. The highest BCUT2D eigenvalue weighted by molar-refractivity contribution is 7.93. The predicted molar refractivity (Wildman–Crippen MR) is 169 cm³/mol. The van der Waals surface area contributed by atoms with Crippen molar-refractivity contribution in [3.8, 4) is 5.88 Å². The van der Waals surface area contributed by atoms with Gasteiger partial charge in [-0.25, -0.2) is 46.0 Å². The van der Waals surface area contributed by atoms with Crippen molar-refractivity contribution < 1.29 is 35.9 Å². The van der Waals surface area contributed by atoms with Gasteiger partial charge in [0.1, 0.15) is 16.4 Å². The number of sulfonamides is 2. The minimum atomic E-state index is -4.28. The third kappa shape index (κ3) is 8.99. The third-order valence-corrected chi connectivity index (χ3v) is 9.50. The molecule has 0 atom stereocenters. The Bertz CT molecular complexity index is 2130. The number of aromatic nitrogens is 5. The number of pyridine rings is 1. The Morgan fingerprint density at radius 1 is 0.766 bits per heavy atom. The van der Waals surface area contributed by atoms with Gasteiger partial charge in [-0.1, -0.05) is 53.0 Å². The summed E-state index contributed by atoms with van der Waals surface area (Å²) < 4.78 is 73.1. The van der Waals surface area contributed by atoms with Gasteiger partial charge < -0.3 is 9.84 Å². The molecule has 20 heteroatoms. The molecule has 0 spiro atoms. The van der Waals surface area contributed by atoms with Crippen LogP contribution in [0.15, 0.2) is 95.5 Å². The van der Waals surface area contributed by atoms with Crippen molar-refractivity contribution in [3.05, 3.63) is 118 Å². The van der Waals surface area contributed by atoms with Crippen molar-refractivity contribution >= 4 is 72.5 Å². The standard InChI is InChI=1S/C16H12ClFN4O3S.C11H7Cl2N3O4S/c17-12-4-1-5-13(14(12)18)26(23,24)22-15-16(21-8-7-20-15)25-10-11-3-2-6-19-9-11;12-6-2-1-3-7(8(6)13)21(19,20)16-10-9(11(17)18)14-4-5-15-10/h1-9H,10H2,(H,20,22);1-5H,(H,15,16)(H,17,18). The van der Waals surface area contributed by atoms with E-state index in [0.717, 1.165) is 24.0 Å². The number of carboxylic acid groups (broad SMARTS) is 1. The molecule has 0 aliphatic rings. The van der Waals surface area contributed by atoms with E-state index in [4.69, 9.17) is 44.6 Å². The van der Waals surface area contributed by atoms with Crippen LogP contribution in [0.3, 0.4) is 0 Å². The van der Waals surface area contributed by atoms with E-state index in [0.29, 0.717) is 0 Å². The van der Waals surface area contributed by atoms with Crippen LogP contribution in [0.4, 0.5) is 16.0 Å². The maximum atomic E-state index is 14.0. The first-order valence-corrected chi connectivity index (χ1v) is 16.7. The summed E-state index contributed by atoms with van der Waals surface area (Å²) >= 11 is 17.2. The van der Waals surface area contributed by atoms with Gasteiger partial charge in [-0.15, -0.1) is 0 Å². The Morgan fingerprint density at radius 2 is 1.36 bits per heavy atom. The van der Waals surface area contributed by atoms with Crippen LogP contribution in [0.5, 0.6) is 5.88 Å². The van der Waals surface area contributed by atoms with Crippen molar-refractivity contribution in [1.82, 2.24) is 24.9 Å². The Balaban J connectivity index is 0.000000218. The van der Waals surface area contributed by atoms with Crippen molar-refractivity contribution in [3.63, 3.8) is 0 Å². The lowest BCUT2D eigenvalue weighted by molar-refractivity contribution is 0.0691. The van der Waals surface area contributed by atoms with E-state index in [1.807, 2.05) is 4.72 Å². The topological polar surface area (TPSA) is 203 Å². The summed E-state index contributed by atoms with van der Waals surface area (Å²) in [5, 5.41) is 8.52. The van der Waals surface area contributed by atoms with Gasteiger partial charge in [0.25, 0.3) is 25.9 Å². The van der Waals surface area contributed by atoms with E-state index in [1.54, 1.807) is 24.5 Å². The van der Waals surface area contributed by atoms with Gasteiger partial charge in [0.15, 0.2) is 17.3 Å². The average Bonchev–Trinajstić information content (AvgIpc) is 3.03. The fourth-order valence-electron chi connectivity index (χ4n) is 3.45. The molecule has 47 heavy (non-hydrogen) atoms. The molecule has 0 saturated heterocycles. The van der Waals surface area contributed by atoms with E-state index in [2.05, 4.69) is 29.6 Å². The molecule has 0 unspecified atom stereocenters. The summed E-state index contributed by atoms with van der Waals surface area (Å²) in [6.45, 7) is 0.104. The second kappa shape index (κ2) is 15.3. The van der Waals surface area contributed by atoms with Crippen LogP contribution in [-0.2, 0) is 26.7 Å². The highest BCUT2D eigenvalue weighted by Crippen LogP contribution is 2.30. The predicted octanol–water partition coefficient (Wildman–Crippen LogP) is 5.33. The summed E-state index contributed by atoms with van der Waals surface area (Å²) in [5.41, 5.74) is 0.229. The first-order chi connectivity index (χ1) is 22.3. The van der Waals surface area contributed by atoms with E-state index >= 15 is 0 Å². The molecular formula is C27H19Cl3FN7O7S2. The van der Waals surface area contributed by atoms with Crippen molar-refractivity contribution in [2.75, 3.05) is 9.44 Å². The van der Waals surface area contributed by atoms with Crippen molar-refractivity contribution in [2.45, 2.75) is 16.4 Å². The average molecular weight is 743 g/mol. The van der Waals surface area contributed by atoms with E-state index in [-0.39, 0.29) is 38.3 Å². The van der Waals surface area contributed by atoms with Crippen LogP contribution < -0.4 is 14.2 Å². The number of benzene rings is 2. The quantitative estimate of drug-likeness (QED) is 0.166. The van der Waals surface area contributed by atoms with Gasteiger partial charge in [0.05, 0.1) is 15.1 Å². The van der Waals surface area contributed by atoms with Crippen molar-refractivity contribution in [1.29, 1.82) is 0 Å². The molecule has 3 heterocycles. The molecule has 0 radical (unpaired) electrons. The summed E-state index contributed by atoms with van der Waals surface area (Å²) in [4.78, 5) is 29.1. The number of ether oxygens (including phenoxy) is 1. The fraction of sp³-hybridized carbons (Fsp3) is 0.0370. The SMILES string of the molecule is O=C(O)c1nccnc1NS(=O)(=O)c1cccc(Cl)c1Cl.O=S(=O)(Nc1nccnc1OCc1cccnc1)c1cccc(Cl)c1F. The van der Waals surface area contributed by atoms with Gasteiger partial charge in [0, 0.05) is 42.7 Å². The zero-order valence-electron chi connectivity index (χ0n) is 23.3. The number of nitrogens with zero attached hydrogens (tertiary/aromatic N) is 5. The zero-order chi connectivity index (χ0) is 34.2. The molecule has 0 saturated carbocycles. The van der Waals surface area contributed by atoms with Crippen molar-refractivity contribution in [2.24, 2.45) is 0 Å². The first-order valence-electron chi connectivity index (χ1n) is 12.6. The molecule has 0 fully saturated rings. The summed E-state index contributed by atoms with van der Waals surface area (Å²) in [5.74, 6) is -3.11. The maximum Gasteiger partial charge on any atom is 0.358 e. The molecule has 244 valence electrons. The van der Waals surface area contributed by atoms with Gasteiger partial charge in [-0.2, -0.15) is 0 Å². The molecule has 3 N–H and O–H groups in total. The number of aromatic carboxylic acids is 1. The first kappa shape index (κ1) is 35.2. The highest BCUT2D eigenvalue weighted by atomic mass is 35.5. The monoisotopic (exact) mass is 741 g/mol. The van der Waals surface area contributed by atoms with Crippen LogP contribution in [0.2, 0.25) is 15.1 Å². The molecule has 0 aliphatic heterocycles. The van der Waals surface area contributed by atoms with E-state index in [1.165, 1.54) is 42.7 Å². The fourth-order valence-corrected chi connectivity index (χ4v) is 6.57. The lowest BCUT2D eigenvalue weighted by Gasteiger charge is -2.12. The summed E-state index contributed by atoms with van der Waals surface area (Å²) in [7, 11) is -8.43. The molecule has 0 bridgehead atoms. The number of rotatable bonds is 10. The molecule has 2 aromatic carbocycles. The largest absolute Gasteiger partial charge is 0.476 e. The van der Waals surface area contributed by atoms with Gasteiger partial charge in [0.2, 0.25) is 5.82 Å². The zero-order valence-corrected chi connectivity index (χ0v) is 27.2. The molecule has 0 aliphatic carbocycles.